The van der Waals surface area contributed by atoms with Crippen molar-refractivity contribution in [1.82, 2.24) is 9.80 Å². The fourth-order valence-electron chi connectivity index (χ4n) is 3.38. The molecule has 2 N–H and O–H groups in total. The lowest BCUT2D eigenvalue weighted by molar-refractivity contribution is 0.112. The highest BCUT2D eigenvalue weighted by Crippen LogP contribution is 2.30. The quantitative estimate of drug-likeness (QED) is 0.805. The van der Waals surface area contributed by atoms with E-state index in [0.29, 0.717) is 0 Å². The van der Waals surface area contributed by atoms with E-state index < -0.39 is 0 Å². The van der Waals surface area contributed by atoms with Crippen LogP contribution >= 0.6 is 0 Å². The van der Waals surface area contributed by atoms with Crippen LogP contribution in [-0.2, 0) is 0 Å². The summed E-state index contributed by atoms with van der Waals surface area (Å²) >= 11 is 0. The Kier molecular flexibility index (Phi) is 5.26. The van der Waals surface area contributed by atoms with Crippen LogP contribution in [0.15, 0.2) is 0 Å². The Hall–Kier alpha value is -0.120. The Bertz CT molecular complexity index is 206. The summed E-state index contributed by atoms with van der Waals surface area (Å²) in [7, 11) is 2.22. The molecular weight excluding hydrogens is 210 g/mol. The average molecular weight is 239 g/mol. The van der Waals surface area contributed by atoms with Crippen molar-refractivity contribution < 1.29 is 0 Å². The molecule has 0 aromatic heterocycles. The van der Waals surface area contributed by atoms with E-state index in [2.05, 4.69) is 16.8 Å². The number of nitrogens with two attached hydrogens (primary N) is 1. The second-order valence-electron chi connectivity index (χ2n) is 6.00. The van der Waals surface area contributed by atoms with Gasteiger partial charge in [-0.2, -0.15) is 0 Å². The molecule has 1 saturated carbocycles. The first-order valence-electron chi connectivity index (χ1n) is 7.40. The summed E-state index contributed by atoms with van der Waals surface area (Å²) in [6.07, 6.45) is 7.17. The minimum absolute atomic E-state index is 0.749. The van der Waals surface area contributed by atoms with Gasteiger partial charge in [-0.3, -0.25) is 0 Å². The summed E-state index contributed by atoms with van der Waals surface area (Å²) in [4.78, 5) is 5.06. The van der Waals surface area contributed by atoms with E-state index in [1.54, 1.807) is 0 Å². The summed E-state index contributed by atoms with van der Waals surface area (Å²) in [5, 5.41) is 0. The molecule has 1 atom stereocenters. The highest BCUT2D eigenvalue weighted by atomic mass is 15.2. The van der Waals surface area contributed by atoms with Gasteiger partial charge in [0, 0.05) is 32.7 Å². The summed E-state index contributed by atoms with van der Waals surface area (Å²) in [6.45, 7) is 7.05. The smallest absolute Gasteiger partial charge is 0.0110 e. The molecule has 0 bridgehead atoms. The second-order valence-corrected chi connectivity index (χ2v) is 6.00. The van der Waals surface area contributed by atoms with Gasteiger partial charge in [0.25, 0.3) is 0 Å². The van der Waals surface area contributed by atoms with Crippen molar-refractivity contribution in [2.75, 3.05) is 46.3 Å². The van der Waals surface area contributed by atoms with Crippen molar-refractivity contribution in [3.05, 3.63) is 0 Å². The lowest BCUT2D eigenvalue weighted by atomic mass is 9.79. The summed E-state index contributed by atoms with van der Waals surface area (Å²) in [6, 6.07) is 0. The molecule has 1 saturated heterocycles. The maximum atomic E-state index is 6.01. The Morgan fingerprint density at radius 2 is 1.71 bits per heavy atom. The predicted octanol–water partition coefficient (Wildman–Crippen LogP) is 1.39. The van der Waals surface area contributed by atoms with Gasteiger partial charge >= 0.3 is 0 Å². The lowest BCUT2D eigenvalue weighted by Gasteiger charge is -2.37. The minimum Gasteiger partial charge on any atom is -0.330 e. The van der Waals surface area contributed by atoms with Crippen molar-refractivity contribution >= 4 is 0 Å². The fourth-order valence-corrected chi connectivity index (χ4v) is 3.38. The lowest BCUT2D eigenvalue weighted by Crippen LogP contribution is -2.48. The molecule has 1 aliphatic heterocycles. The molecule has 0 spiro atoms. The predicted molar refractivity (Wildman–Crippen MR) is 73.1 cm³/mol. The molecule has 2 fully saturated rings. The number of hydrogen-bond donors (Lipinski definition) is 1. The van der Waals surface area contributed by atoms with Crippen LogP contribution < -0.4 is 5.73 Å². The zero-order valence-corrected chi connectivity index (χ0v) is 11.4. The third-order valence-electron chi connectivity index (χ3n) is 4.71. The van der Waals surface area contributed by atoms with Gasteiger partial charge in [0.1, 0.15) is 0 Å². The summed E-state index contributed by atoms with van der Waals surface area (Å²) in [5.41, 5.74) is 6.01. The first-order valence-corrected chi connectivity index (χ1v) is 7.40. The van der Waals surface area contributed by atoms with Crippen molar-refractivity contribution in [3.63, 3.8) is 0 Å². The molecule has 0 aromatic rings. The van der Waals surface area contributed by atoms with Crippen LogP contribution in [0, 0.1) is 11.8 Å². The zero-order chi connectivity index (χ0) is 12.1. The van der Waals surface area contributed by atoms with Crippen LogP contribution in [0.1, 0.15) is 32.1 Å². The van der Waals surface area contributed by atoms with Crippen molar-refractivity contribution in [1.29, 1.82) is 0 Å². The molecule has 2 rings (SSSR count). The van der Waals surface area contributed by atoms with Crippen LogP contribution in [0.5, 0.6) is 0 Å². The maximum Gasteiger partial charge on any atom is 0.0110 e. The molecule has 2 aliphatic rings. The first-order chi connectivity index (χ1) is 8.29. The summed E-state index contributed by atoms with van der Waals surface area (Å²) < 4.78 is 0. The van der Waals surface area contributed by atoms with E-state index in [1.165, 1.54) is 64.8 Å². The molecule has 17 heavy (non-hydrogen) atoms. The number of hydrogen-bond acceptors (Lipinski definition) is 3. The molecule has 3 heteroatoms. The standard InChI is InChI=1S/C14H29N3/c1-16-7-9-17(10-8-16)12-14(11-15)13-5-3-2-4-6-13/h13-14H,2-12,15H2,1H3. The van der Waals surface area contributed by atoms with Crippen LogP contribution in [0.25, 0.3) is 0 Å². The number of nitrogens with zero attached hydrogens (tertiary/aromatic N) is 2. The molecule has 1 aliphatic carbocycles. The Balaban J connectivity index is 1.78. The van der Waals surface area contributed by atoms with Gasteiger partial charge in [0.15, 0.2) is 0 Å². The SMILES string of the molecule is CN1CCN(CC(CN)C2CCCCC2)CC1. The van der Waals surface area contributed by atoms with Gasteiger partial charge in [0.2, 0.25) is 0 Å². The third kappa shape index (κ3) is 3.94. The molecule has 100 valence electrons. The normalized spacial score (nSPS) is 27.2. The van der Waals surface area contributed by atoms with Gasteiger partial charge in [-0.1, -0.05) is 32.1 Å². The number of rotatable bonds is 4. The minimum atomic E-state index is 0.749. The van der Waals surface area contributed by atoms with E-state index in [9.17, 15) is 0 Å². The zero-order valence-electron chi connectivity index (χ0n) is 11.4. The van der Waals surface area contributed by atoms with Gasteiger partial charge in [-0.25, -0.2) is 0 Å². The van der Waals surface area contributed by atoms with Crippen molar-refractivity contribution in [2.45, 2.75) is 32.1 Å². The summed E-state index contributed by atoms with van der Waals surface area (Å²) in [5.74, 6) is 1.66. The first kappa shape index (κ1) is 13.3. The number of piperazine rings is 1. The van der Waals surface area contributed by atoms with E-state index in [-0.39, 0.29) is 0 Å². The number of likely N-dealkylation sites (N-methyl/N-ethyl adjacent to an activating group) is 1. The highest BCUT2D eigenvalue weighted by Gasteiger charge is 2.25. The molecule has 1 unspecified atom stereocenters. The van der Waals surface area contributed by atoms with Gasteiger partial charge in [-0.15, -0.1) is 0 Å². The topological polar surface area (TPSA) is 32.5 Å². The molecule has 0 radical (unpaired) electrons. The Labute approximate surface area is 106 Å². The second kappa shape index (κ2) is 6.72. The van der Waals surface area contributed by atoms with Crippen LogP contribution in [0.2, 0.25) is 0 Å². The fraction of sp³-hybridized carbons (Fsp3) is 1.00. The largest absolute Gasteiger partial charge is 0.330 e. The monoisotopic (exact) mass is 239 g/mol. The maximum absolute atomic E-state index is 6.01. The van der Waals surface area contributed by atoms with E-state index in [0.717, 1.165) is 18.4 Å². The van der Waals surface area contributed by atoms with Gasteiger partial charge in [-0.05, 0) is 25.4 Å². The van der Waals surface area contributed by atoms with E-state index in [1.807, 2.05) is 0 Å². The van der Waals surface area contributed by atoms with Crippen LogP contribution in [-0.4, -0.2) is 56.1 Å². The molecule has 0 aromatic carbocycles. The molecular formula is C14H29N3. The van der Waals surface area contributed by atoms with Crippen molar-refractivity contribution in [2.24, 2.45) is 17.6 Å². The van der Waals surface area contributed by atoms with Crippen LogP contribution in [0.3, 0.4) is 0 Å². The molecule has 3 nitrogen and oxygen atoms in total. The van der Waals surface area contributed by atoms with Crippen LogP contribution in [0.4, 0.5) is 0 Å². The molecule has 0 amide bonds. The third-order valence-corrected chi connectivity index (χ3v) is 4.71. The van der Waals surface area contributed by atoms with E-state index in [4.69, 9.17) is 5.73 Å². The average Bonchev–Trinajstić information content (AvgIpc) is 2.39. The highest BCUT2D eigenvalue weighted by molar-refractivity contribution is 4.79. The molecule has 1 heterocycles. The van der Waals surface area contributed by atoms with Gasteiger partial charge in [0.05, 0.1) is 0 Å². The van der Waals surface area contributed by atoms with Crippen molar-refractivity contribution in [3.8, 4) is 0 Å². The Morgan fingerprint density at radius 3 is 2.29 bits per heavy atom. The Morgan fingerprint density at radius 1 is 1.06 bits per heavy atom. The van der Waals surface area contributed by atoms with E-state index >= 15 is 0 Å². The van der Waals surface area contributed by atoms with Gasteiger partial charge < -0.3 is 15.5 Å².